The lowest BCUT2D eigenvalue weighted by Crippen LogP contribution is -2.53. The second kappa shape index (κ2) is 1.66. The van der Waals surface area contributed by atoms with E-state index >= 15 is 0 Å². The molecule has 4 bridgehead atoms. The van der Waals surface area contributed by atoms with Gasteiger partial charge in [0.2, 0.25) is 0 Å². The van der Waals surface area contributed by atoms with Crippen LogP contribution in [0.5, 0.6) is 0 Å². The lowest BCUT2D eigenvalue weighted by atomic mass is 9.44. The summed E-state index contributed by atoms with van der Waals surface area (Å²) in [6.45, 7) is 0. The van der Waals surface area contributed by atoms with Crippen LogP contribution in [0.1, 0.15) is 32.1 Å². The highest BCUT2D eigenvalue weighted by Crippen LogP contribution is 2.74. The third-order valence-electron chi connectivity index (χ3n) is 5.35. The van der Waals surface area contributed by atoms with E-state index in [1.54, 1.807) is 19.3 Å². The fraction of sp³-hybridized carbons (Fsp3) is 0.833. The van der Waals surface area contributed by atoms with Crippen LogP contribution in [-0.4, -0.2) is 0 Å². The summed E-state index contributed by atoms with van der Waals surface area (Å²) in [6.07, 6.45) is 12.9. The minimum Gasteiger partial charge on any atom is -0.0848 e. The SMILES string of the molecule is C1=CC2CC1C1C3CCCC21C3. The Morgan fingerprint density at radius 1 is 1.25 bits per heavy atom. The molecule has 0 radical (unpaired) electrons. The van der Waals surface area contributed by atoms with Gasteiger partial charge < -0.3 is 0 Å². The average Bonchev–Trinajstić information content (AvgIpc) is 2.61. The molecule has 0 aromatic rings. The van der Waals surface area contributed by atoms with Crippen LogP contribution in [0.2, 0.25) is 0 Å². The van der Waals surface area contributed by atoms with Gasteiger partial charge in [-0.1, -0.05) is 25.0 Å². The molecule has 0 nitrogen and oxygen atoms in total. The molecule has 4 rings (SSSR count). The Morgan fingerprint density at radius 3 is 3.08 bits per heavy atom. The molecule has 12 heavy (non-hydrogen) atoms. The Hall–Kier alpha value is -0.260. The standard InChI is InChI=1S/C12H16/c1-2-9-7-12(5-1)10-4-3-8(6-10)11(9)12/h3-4,8-11H,1-2,5-7H2. The molecular formula is C12H16. The zero-order valence-corrected chi connectivity index (χ0v) is 7.50. The van der Waals surface area contributed by atoms with Crippen molar-refractivity contribution < 1.29 is 0 Å². The zero-order chi connectivity index (χ0) is 7.76. The molecule has 0 amide bonds. The quantitative estimate of drug-likeness (QED) is 0.478. The van der Waals surface area contributed by atoms with Gasteiger partial charge in [0.25, 0.3) is 0 Å². The molecule has 0 heterocycles. The predicted molar refractivity (Wildman–Crippen MR) is 48.6 cm³/mol. The van der Waals surface area contributed by atoms with Crippen molar-refractivity contribution in [1.82, 2.24) is 0 Å². The van der Waals surface area contributed by atoms with Crippen LogP contribution in [0.15, 0.2) is 12.2 Å². The van der Waals surface area contributed by atoms with Crippen LogP contribution in [0.3, 0.4) is 0 Å². The highest BCUT2D eigenvalue weighted by molar-refractivity contribution is 5.26. The second-order valence-corrected chi connectivity index (χ2v) is 5.51. The largest absolute Gasteiger partial charge is 0.0848 e. The Bertz CT molecular complexity index is 261. The van der Waals surface area contributed by atoms with Crippen molar-refractivity contribution in [3.8, 4) is 0 Å². The fourth-order valence-electron chi connectivity index (χ4n) is 5.08. The van der Waals surface area contributed by atoms with E-state index in [1.165, 1.54) is 12.8 Å². The van der Waals surface area contributed by atoms with Gasteiger partial charge in [0.05, 0.1) is 0 Å². The Balaban J connectivity index is 1.85. The number of hydrogen-bond acceptors (Lipinski definition) is 0. The molecular weight excluding hydrogens is 144 g/mol. The first-order valence-corrected chi connectivity index (χ1v) is 5.58. The minimum atomic E-state index is 0.863. The molecule has 64 valence electrons. The summed E-state index contributed by atoms with van der Waals surface area (Å²) >= 11 is 0. The third-order valence-corrected chi connectivity index (χ3v) is 5.35. The molecule has 5 unspecified atom stereocenters. The molecule has 3 fully saturated rings. The van der Waals surface area contributed by atoms with Crippen molar-refractivity contribution in [1.29, 1.82) is 0 Å². The van der Waals surface area contributed by atoms with E-state index < -0.39 is 0 Å². The fourth-order valence-corrected chi connectivity index (χ4v) is 5.08. The van der Waals surface area contributed by atoms with E-state index in [0.717, 1.165) is 29.1 Å². The molecule has 0 aliphatic heterocycles. The predicted octanol–water partition coefficient (Wildman–Crippen LogP) is 3.00. The molecule has 4 aliphatic rings. The highest BCUT2D eigenvalue weighted by atomic mass is 14.7. The highest BCUT2D eigenvalue weighted by Gasteiger charge is 2.66. The van der Waals surface area contributed by atoms with Gasteiger partial charge in [-0.15, -0.1) is 0 Å². The van der Waals surface area contributed by atoms with Gasteiger partial charge in [0.15, 0.2) is 0 Å². The first-order valence-electron chi connectivity index (χ1n) is 5.58. The monoisotopic (exact) mass is 160 g/mol. The van der Waals surface area contributed by atoms with E-state index in [9.17, 15) is 0 Å². The minimum absolute atomic E-state index is 0.863. The first kappa shape index (κ1) is 6.23. The molecule has 0 aromatic heterocycles. The van der Waals surface area contributed by atoms with E-state index in [-0.39, 0.29) is 0 Å². The topological polar surface area (TPSA) is 0 Å². The van der Waals surface area contributed by atoms with Crippen LogP contribution < -0.4 is 0 Å². The van der Waals surface area contributed by atoms with Crippen LogP contribution in [0, 0.1) is 29.1 Å². The van der Waals surface area contributed by atoms with Crippen molar-refractivity contribution in [2.24, 2.45) is 29.1 Å². The molecule has 0 spiro atoms. The average molecular weight is 160 g/mol. The maximum Gasteiger partial charge on any atom is -0.0168 e. The van der Waals surface area contributed by atoms with Crippen molar-refractivity contribution in [3.63, 3.8) is 0 Å². The molecule has 0 aromatic carbocycles. The van der Waals surface area contributed by atoms with Crippen LogP contribution >= 0.6 is 0 Å². The summed E-state index contributed by atoms with van der Waals surface area (Å²) in [7, 11) is 0. The van der Waals surface area contributed by atoms with Crippen LogP contribution in [-0.2, 0) is 0 Å². The van der Waals surface area contributed by atoms with Gasteiger partial charge in [-0.25, -0.2) is 0 Å². The molecule has 4 aliphatic carbocycles. The van der Waals surface area contributed by atoms with E-state index in [4.69, 9.17) is 0 Å². The molecule has 0 heteroatoms. The van der Waals surface area contributed by atoms with Gasteiger partial charge in [-0.2, -0.15) is 0 Å². The third kappa shape index (κ3) is 0.448. The maximum atomic E-state index is 2.54. The summed E-state index contributed by atoms with van der Waals surface area (Å²) < 4.78 is 0. The Labute approximate surface area is 74.0 Å². The van der Waals surface area contributed by atoms with E-state index in [1.807, 2.05) is 0 Å². The zero-order valence-electron chi connectivity index (χ0n) is 7.50. The van der Waals surface area contributed by atoms with Gasteiger partial charge in [0.1, 0.15) is 0 Å². The normalized spacial score (nSPS) is 64.7. The summed E-state index contributed by atoms with van der Waals surface area (Å²) in [5.41, 5.74) is 0.863. The number of rotatable bonds is 0. The summed E-state index contributed by atoms with van der Waals surface area (Å²) in [4.78, 5) is 0. The molecule has 5 atom stereocenters. The summed E-state index contributed by atoms with van der Waals surface area (Å²) in [6, 6.07) is 0. The lowest BCUT2D eigenvalue weighted by molar-refractivity contribution is -0.0986. The van der Waals surface area contributed by atoms with Gasteiger partial charge >= 0.3 is 0 Å². The van der Waals surface area contributed by atoms with Crippen molar-refractivity contribution in [3.05, 3.63) is 12.2 Å². The second-order valence-electron chi connectivity index (χ2n) is 5.51. The molecule has 3 saturated carbocycles. The van der Waals surface area contributed by atoms with Crippen molar-refractivity contribution in [2.45, 2.75) is 32.1 Å². The summed E-state index contributed by atoms with van der Waals surface area (Å²) in [5.74, 6) is 4.35. The van der Waals surface area contributed by atoms with Crippen LogP contribution in [0.4, 0.5) is 0 Å². The van der Waals surface area contributed by atoms with Gasteiger partial charge in [-0.3, -0.25) is 0 Å². The molecule has 0 N–H and O–H groups in total. The van der Waals surface area contributed by atoms with Crippen LogP contribution in [0.25, 0.3) is 0 Å². The number of allylic oxidation sites excluding steroid dienone is 2. The van der Waals surface area contributed by atoms with Crippen molar-refractivity contribution in [2.75, 3.05) is 0 Å². The van der Waals surface area contributed by atoms with Gasteiger partial charge in [-0.05, 0) is 48.3 Å². The number of hydrogen-bond donors (Lipinski definition) is 0. The summed E-state index contributed by atoms with van der Waals surface area (Å²) in [5, 5.41) is 0. The van der Waals surface area contributed by atoms with E-state index in [0.29, 0.717) is 0 Å². The maximum absolute atomic E-state index is 2.54. The number of fused-ring (bicyclic) bond motifs is 2. The van der Waals surface area contributed by atoms with Gasteiger partial charge in [0, 0.05) is 0 Å². The lowest BCUT2D eigenvalue weighted by Gasteiger charge is -2.60. The Morgan fingerprint density at radius 2 is 2.25 bits per heavy atom. The smallest absolute Gasteiger partial charge is 0.0168 e. The van der Waals surface area contributed by atoms with E-state index in [2.05, 4.69) is 12.2 Å². The first-order chi connectivity index (χ1) is 5.90. The Kier molecular flexibility index (Phi) is 0.865. The van der Waals surface area contributed by atoms with Crippen molar-refractivity contribution >= 4 is 0 Å². The molecule has 0 saturated heterocycles.